The normalized spacial score (nSPS) is 23.1. The molecule has 2 aromatic rings. The molecule has 2 aliphatic rings. The molecule has 0 saturated heterocycles. The largest absolute Gasteiger partial charge is 0.154 e. The molecule has 0 spiro atoms. The van der Waals surface area contributed by atoms with Crippen molar-refractivity contribution in [1.29, 1.82) is 0 Å². The molecule has 2 unspecified atom stereocenters. The highest BCUT2D eigenvalue weighted by molar-refractivity contribution is 6.31. The lowest BCUT2D eigenvalue weighted by atomic mass is 9.99. The SMILES string of the molecule is Clc1ccc(C2=NN=C(c3ccc(Cl)cc3)C3CC23)cc1. The van der Waals surface area contributed by atoms with Crippen molar-refractivity contribution in [2.45, 2.75) is 6.42 Å². The molecule has 2 nitrogen and oxygen atoms in total. The fraction of sp³-hybridized carbons (Fsp3) is 0.176. The third-order valence-corrected chi connectivity index (χ3v) is 4.54. The minimum absolute atomic E-state index is 0.481. The zero-order valence-corrected chi connectivity index (χ0v) is 12.6. The number of rotatable bonds is 2. The third kappa shape index (κ3) is 2.39. The van der Waals surface area contributed by atoms with Crippen molar-refractivity contribution in [3.8, 4) is 0 Å². The van der Waals surface area contributed by atoms with Crippen LogP contribution in [0.1, 0.15) is 17.5 Å². The molecule has 0 bridgehead atoms. The van der Waals surface area contributed by atoms with Gasteiger partial charge in [0.25, 0.3) is 0 Å². The van der Waals surface area contributed by atoms with Crippen LogP contribution in [0, 0.1) is 11.8 Å². The molecule has 1 heterocycles. The molecule has 4 heteroatoms. The average Bonchev–Trinajstić information content (AvgIpc) is 3.29. The highest BCUT2D eigenvalue weighted by Gasteiger charge is 2.47. The molecule has 0 aromatic heterocycles. The summed E-state index contributed by atoms with van der Waals surface area (Å²) in [5.41, 5.74) is 4.39. The van der Waals surface area contributed by atoms with E-state index in [1.54, 1.807) is 0 Å². The maximum atomic E-state index is 5.94. The van der Waals surface area contributed by atoms with Gasteiger partial charge in [0.1, 0.15) is 0 Å². The van der Waals surface area contributed by atoms with Crippen molar-refractivity contribution in [3.05, 3.63) is 69.7 Å². The molecular weight excluding hydrogens is 303 g/mol. The van der Waals surface area contributed by atoms with E-state index >= 15 is 0 Å². The van der Waals surface area contributed by atoms with E-state index in [0.29, 0.717) is 11.8 Å². The minimum atomic E-state index is 0.481. The molecule has 0 radical (unpaired) electrons. The van der Waals surface area contributed by atoms with Crippen LogP contribution < -0.4 is 0 Å². The molecule has 104 valence electrons. The Morgan fingerprint density at radius 3 is 1.43 bits per heavy atom. The maximum Gasteiger partial charge on any atom is 0.0740 e. The van der Waals surface area contributed by atoms with E-state index in [1.807, 2.05) is 48.5 Å². The zero-order chi connectivity index (χ0) is 14.4. The van der Waals surface area contributed by atoms with Crippen molar-refractivity contribution in [1.82, 2.24) is 0 Å². The second kappa shape index (κ2) is 4.97. The molecule has 2 aromatic carbocycles. The van der Waals surface area contributed by atoms with E-state index in [9.17, 15) is 0 Å². The average molecular weight is 315 g/mol. The van der Waals surface area contributed by atoms with Crippen LogP contribution in [0.15, 0.2) is 58.7 Å². The first-order valence-corrected chi connectivity index (χ1v) is 7.65. The van der Waals surface area contributed by atoms with Gasteiger partial charge < -0.3 is 0 Å². The first kappa shape index (κ1) is 13.1. The maximum absolute atomic E-state index is 5.94. The molecule has 21 heavy (non-hydrogen) atoms. The summed E-state index contributed by atoms with van der Waals surface area (Å²) in [6.07, 6.45) is 1.11. The van der Waals surface area contributed by atoms with Gasteiger partial charge in [-0.1, -0.05) is 47.5 Å². The monoisotopic (exact) mass is 314 g/mol. The molecule has 0 amide bonds. The Kier molecular flexibility index (Phi) is 3.09. The summed E-state index contributed by atoms with van der Waals surface area (Å²) < 4.78 is 0. The van der Waals surface area contributed by atoms with E-state index < -0.39 is 0 Å². The molecule has 1 saturated carbocycles. The van der Waals surface area contributed by atoms with Crippen molar-refractivity contribution in [2.24, 2.45) is 22.0 Å². The van der Waals surface area contributed by atoms with Gasteiger partial charge in [-0.15, -0.1) is 0 Å². The van der Waals surface area contributed by atoms with Crippen molar-refractivity contribution in [3.63, 3.8) is 0 Å². The zero-order valence-electron chi connectivity index (χ0n) is 11.1. The van der Waals surface area contributed by atoms with Gasteiger partial charge in [-0.3, -0.25) is 0 Å². The van der Waals surface area contributed by atoms with Gasteiger partial charge >= 0.3 is 0 Å². The first-order chi connectivity index (χ1) is 10.2. The summed E-state index contributed by atoms with van der Waals surface area (Å²) in [5.74, 6) is 0.962. The Labute approximate surface area is 133 Å². The second-order valence-corrected chi connectivity index (χ2v) is 6.31. The van der Waals surface area contributed by atoms with Gasteiger partial charge in [0.2, 0.25) is 0 Å². The summed E-state index contributed by atoms with van der Waals surface area (Å²) in [4.78, 5) is 0. The van der Waals surface area contributed by atoms with Crippen LogP contribution in [0.3, 0.4) is 0 Å². The van der Waals surface area contributed by atoms with Crippen molar-refractivity contribution >= 4 is 34.6 Å². The van der Waals surface area contributed by atoms with Crippen LogP contribution in [0.5, 0.6) is 0 Å². The van der Waals surface area contributed by atoms with Crippen molar-refractivity contribution < 1.29 is 0 Å². The molecule has 2 atom stereocenters. The minimum Gasteiger partial charge on any atom is -0.154 e. The van der Waals surface area contributed by atoms with Crippen molar-refractivity contribution in [2.75, 3.05) is 0 Å². The molecule has 0 N–H and O–H groups in total. The Morgan fingerprint density at radius 1 is 0.667 bits per heavy atom. The lowest BCUT2D eigenvalue weighted by Gasteiger charge is -2.12. The summed E-state index contributed by atoms with van der Waals surface area (Å²) in [6.45, 7) is 0. The lowest BCUT2D eigenvalue weighted by Crippen LogP contribution is -2.15. The summed E-state index contributed by atoms with van der Waals surface area (Å²) in [7, 11) is 0. The third-order valence-electron chi connectivity index (χ3n) is 4.04. The van der Waals surface area contributed by atoms with Gasteiger partial charge in [-0.25, -0.2) is 0 Å². The fourth-order valence-electron chi connectivity index (χ4n) is 2.84. The number of fused-ring (bicyclic) bond motifs is 1. The van der Waals surface area contributed by atoms with E-state index in [0.717, 1.165) is 39.0 Å². The Hall–Kier alpha value is -1.64. The van der Waals surface area contributed by atoms with Gasteiger partial charge in [0.05, 0.1) is 11.4 Å². The summed E-state index contributed by atoms with van der Waals surface area (Å²) >= 11 is 11.9. The lowest BCUT2D eigenvalue weighted by molar-refractivity contribution is 0.999. The quantitative estimate of drug-likeness (QED) is 0.758. The van der Waals surface area contributed by atoms with Crippen LogP contribution in [-0.4, -0.2) is 11.4 Å². The van der Waals surface area contributed by atoms with Crippen LogP contribution in [0.25, 0.3) is 0 Å². The second-order valence-electron chi connectivity index (χ2n) is 5.43. The molecule has 4 rings (SSSR count). The predicted octanol–water partition coefficient (Wildman–Crippen LogP) is 4.84. The van der Waals surface area contributed by atoms with E-state index in [1.165, 1.54) is 0 Å². The van der Waals surface area contributed by atoms with E-state index in [2.05, 4.69) is 10.2 Å². The summed E-state index contributed by atoms with van der Waals surface area (Å²) in [6, 6.07) is 15.6. The highest BCUT2D eigenvalue weighted by atomic mass is 35.5. The predicted molar refractivity (Wildman–Crippen MR) is 87.6 cm³/mol. The Bertz CT molecular complexity index is 680. The molecule has 1 aliphatic heterocycles. The van der Waals surface area contributed by atoms with Crippen LogP contribution in [-0.2, 0) is 0 Å². The van der Waals surface area contributed by atoms with E-state index in [4.69, 9.17) is 23.2 Å². The standard InChI is InChI=1S/C17H12Cl2N2/c18-12-5-1-10(2-6-12)16-14-9-15(14)17(21-20-16)11-3-7-13(19)8-4-11/h1-8,14-15H,9H2. The Balaban J connectivity index is 1.69. The van der Waals surface area contributed by atoms with E-state index in [-0.39, 0.29) is 0 Å². The van der Waals surface area contributed by atoms with Gasteiger partial charge in [-0.2, -0.15) is 10.2 Å². The number of halogens is 2. The van der Waals surface area contributed by atoms with Crippen LogP contribution >= 0.6 is 23.2 Å². The van der Waals surface area contributed by atoms with Crippen LogP contribution in [0.2, 0.25) is 10.0 Å². The smallest absolute Gasteiger partial charge is 0.0740 e. The van der Waals surface area contributed by atoms with Gasteiger partial charge in [0.15, 0.2) is 0 Å². The number of nitrogens with zero attached hydrogens (tertiary/aromatic N) is 2. The Morgan fingerprint density at radius 2 is 1.05 bits per heavy atom. The number of hydrogen-bond acceptors (Lipinski definition) is 2. The molecular formula is C17H12Cl2N2. The molecule has 1 fully saturated rings. The van der Waals surface area contributed by atoms with Gasteiger partial charge in [-0.05, 0) is 41.8 Å². The topological polar surface area (TPSA) is 24.7 Å². The number of hydrogen-bond donors (Lipinski definition) is 0. The van der Waals surface area contributed by atoms with Crippen LogP contribution in [0.4, 0.5) is 0 Å². The fourth-order valence-corrected chi connectivity index (χ4v) is 3.09. The summed E-state index contributed by atoms with van der Waals surface area (Å²) in [5, 5.41) is 10.4. The first-order valence-electron chi connectivity index (χ1n) is 6.90. The highest BCUT2D eigenvalue weighted by Crippen LogP contribution is 2.46. The molecule has 1 aliphatic carbocycles. The number of benzene rings is 2. The van der Waals surface area contributed by atoms with Gasteiger partial charge in [0, 0.05) is 21.9 Å².